The van der Waals surface area contributed by atoms with E-state index in [9.17, 15) is 18.0 Å². The smallest absolute Gasteiger partial charge is 0.424 e. The van der Waals surface area contributed by atoms with Crippen LogP contribution in [0, 0.1) is 0 Å². The van der Waals surface area contributed by atoms with Crippen LogP contribution < -0.4 is 4.72 Å². The molecule has 0 saturated heterocycles. The number of nitrogens with zero attached hydrogens (tertiary/aromatic N) is 2. The molecule has 10 heteroatoms. The van der Waals surface area contributed by atoms with Crippen molar-refractivity contribution in [3.8, 4) is 0 Å². The van der Waals surface area contributed by atoms with Gasteiger partial charge in [-0.3, -0.25) is 0 Å². The minimum absolute atomic E-state index is 0.178. The summed E-state index contributed by atoms with van der Waals surface area (Å²) in [5.41, 5.74) is 0. The van der Waals surface area contributed by atoms with Gasteiger partial charge in [-0.15, -0.1) is 0 Å². The monoisotopic (exact) mass is 357 g/mol. The van der Waals surface area contributed by atoms with Gasteiger partial charge in [0.05, 0.1) is 47.9 Å². The van der Waals surface area contributed by atoms with Gasteiger partial charge in [-0.2, -0.15) is 13.1 Å². The number of likely N-dealkylation sites (N-methyl/N-ethyl adjacent to an activating group) is 1. The van der Waals surface area contributed by atoms with E-state index in [1.807, 2.05) is 25.9 Å². The molecule has 2 N–H and O–H groups in total. The summed E-state index contributed by atoms with van der Waals surface area (Å²) >= 11 is 0. The second-order valence-corrected chi connectivity index (χ2v) is 7.85. The quantitative estimate of drug-likeness (QED) is 0.632. The van der Waals surface area contributed by atoms with Gasteiger partial charge in [-0.1, -0.05) is 0 Å². The molecule has 0 aliphatic carbocycles. The minimum atomic E-state index is -3.73. The lowest BCUT2D eigenvalue weighted by atomic mass is 10.5. The Labute approximate surface area is 139 Å². The first-order chi connectivity index (χ1) is 10.3. The second kappa shape index (κ2) is 9.68. The fourth-order valence-electron chi connectivity index (χ4n) is 1.83. The number of quaternary nitrogens is 2. The number of rotatable bonds is 7. The predicted octanol–water partition coefficient (Wildman–Crippen LogP) is 0.241. The molecule has 0 fully saturated rings. The highest BCUT2D eigenvalue weighted by atomic mass is 32.2. The van der Waals surface area contributed by atoms with E-state index in [2.05, 4.69) is 4.74 Å². The number of aliphatic carboxylic acids is 1. The number of carboxylic acids is 1. The Bertz CT molecular complexity index is 472. The molecule has 1 amide bonds. The summed E-state index contributed by atoms with van der Waals surface area (Å²) in [6, 6.07) is 0. The lowest BCUT2D eigenvalue weighted by Gasteiger charge is -2.32. The van der Waals surface area contributed by atoms with Crippen LogP contribution >= 0.6 is 0 Å². The Balaban J connectivity index is 0. The zero-order chi connectivity index (χ0) is 18.9. The van der Waals surface area contributed by atoms with Crippen LogP contribution in [0.2, 0.25) is 0 Å². The maximum atomic E-state index is 11.9. The van der Waals surface area contributed by atoms with Gasteiger partial charge in [-0.25, -0.2) is 13.5 Å². The molecule has 0 aromatic heterocycles. The fraction of sp³-hybridized carbons (Fsp3) is 0.846. The van der Waals surface area contributed by atoms with E-state index in [0.717, 1.165) is 7.11 Å². The largest absolute Gasteiger partial charge is 0.477 e. The Morgan fingerprint density at radius 2 is 1.43 bits per heavy atom. The molecule has 0 saturated carbocycles. The van der Waals surface area contributed by atoms with Crippen molar-refractivity contribution in [1.82, 2.24) is 4.72 Å². The summed E-state index contributed by atoms with van der Waals surface area (Å²) in [7, 11) is 2.92. The van der Waals surface area contributed by atoms with Crippen molar-refractivity contribution < 1.29 is 36.2 Å². The first kappa shape index (κ1) is 23.9. The standard InChI is InChI=1S/C8H18N2O4S.C5H11NO2/c1-5-10(6-2,7-3)15(12,13)9-8(11)14-4;1-6(2,3)4-5(7)8/h5-7H2,1-4H3;4H2,1-3H3/p+2. The van der Waals surface area contributed by atoms with E-state index in [4.69, 9.17) is 5.11 Å². The van der Waals surface area contributed by atoms with Crippen LogP contribution in [-0.4, -0.2) is 88.4 Å². The maximum Gasteiger partial charge on any atom is 0.424 e. The zero-order valence-corrected chi connectivity index (χ0v) is 15.9. The molecule has 0 radical (unpaired) electrons. The molecule has 0 spiro atoms. The highest BCUT2D eigenvalue weighted by Gasteiger charge is 2.38. The third-order valence-corrected chi connectivity index (χ3v) is 5.47. The third kappa shape index (κ3) is 8.72. The van der Waals surface area contributed by atoms with Crippen molar-refractivity contribution in [3.05, 3.63) is 0 Å². The lowest BCUT2D eigenvalue weighted by Crippen LogP contribution is -2.58. The highest BCUT2D eigenvalue weighted by Crippen LogP contribution is 2.12. The molecular weight excluding hydrogens is 326 g/mol. The first-order valence-corrected chi connectivity index (χ1v) is 8.74. The Morgan fingerprint density at radius 3 is 1.61 bits per heavy atom. The van der Waals surface area contributed by atoms with Gasteiger partial charge in [-0.05, 0) is 20.8 Å². The highest BCUT2D eigenvalue weighted by molar-refractivity contribution is 7.84. The summed E-state index contributed by atoms with van der Waals surface area (Å²) < 4.78 is 30.2. The average molecular weight is 357 g/mol. The number of hydrogen-bond acceptors (Lipinski definition) is 5. The van der Waals surface area contributed by atoms with Crippen molar-refractivity contribution in [1.29, 1.82) is 0 Å². The Morgan fingerprint density at radius 1 is 1.04 bits per heavy atom. The van der Waals surface area contributed by atoms with E-state index in [-0.39, 0.29) is 10.4 Å². The van der Waals surface area contributed by atoms with E-state index in [1.54, 1.807) is 20.8 Å². The van der Waals surface area contributed by atoms with Crippen LogP contribution in [0.5, 0.6) is 0 Å². The topological polar surface area (TPSA) is 110 Å². The number of nitrogens with one attached hydrogen (secondary N) is 1. The number of amides is 1. The number of hydrogen-bond donors (Lipinski definition) is 2. The van der Waals surface area contributed by atoms with Gasteiger partial charge in [0.2, 0.25) is 0 Å². The number of ether oxygens (including phenoxy) is 1. The van der Waals surface area contributed by atoms with E-state index < -0.39 is 22.3 Å². The van der Waals surface area contributed by atoms with Crippen LogP contribution in [0.1, 0.15) is 20.8 Å². The summed E-state index contributed by atoms with van der Waals surface area (Å²) in [5.74, 6) is -0.752. The number of methoxy groups -OCH3 is 1. The van der Waals surface area contributed by atoms with E-state index in [1.165, 1.54) is 0 Å². The summed E-state index contributed by atoms with van der Waals surface area (Å²) in [6.45, 7) is 6.69. The Kier molecular flexibility index (Phi) is 10.0. The summed E-state index contributed by atoms with van der Waals surface area (Å²) in [6.07, 6.45) is -0.951. The normalized spacial score (nSPS) is 12.0. The van der Waals surface area contributed by atoms with Gasteiger partial charge in [0.25, 0.3) is 0 Å². The zero-order valence-electron chi connectivity index (χ0n) is 15.1. The molecule has 0 bridgehead atoms. The van der Waals surface area contributed by atoms with Crippen molar-refractivity contribution in [2.45, 2.75) is 20.8 Å². The van der Waals surface area contributed by atoms with Crippen LogP contribution in [0.25, 0.3) is 0 Å². The molecule has 0 aromatic rings. The lowest BCUT2D eigenvalue weighted by molar-refractivity contribution is -0.862. The molecule has 0 heterocycles. The maximum absolute atomic E-state index is 11.9. The molecule has 23 heavy (non-hydrogen) atoms. The van der Waals surface area contributed by atoms with Gasteiger partial charge in [0.1, 0.15) is 0 Å². The molecule has 0 aliphatic heterocycles. The second-order valence-electron chi connectivity index (χ2n) is 5.92. The molecule has 138 valence electrons. The van der Waals surface area contributed by atoms with Crippen molar-refractivity contribution in [2.24, 2.45) is 0 Å². The molecule has 0 aliphatic rings. The third-order valence-electron chi connectivity index (χ3n) is 3.25. The van der Waals surface area contributed by atoms with Crippen LogP contribution in [-0.2, 0) is 19.7 Å². The van der Waals surface area contributed by atoms with E-state index in [0.29, 0.717) is 24.1 Å². The first-order valence-electron chi connectivity index (χ1n) is 7.30. The average Bonchev–Trinajstić information content (AvgIpc) is 2.38. The molecule has 0 atom stereocenters. The molecule has 0 rings (SSSR count). The summed E-state index contributed by atoms with van der Waals surface area (Å²) in [4.78, 5) is 20.9. The van der Waals surface area contributed by atoms with Gasteiger partial charge < -0.3 is 14.3 Å². The van der Waals surface area contributed by atoms with E-state index >= 15 is 0 Å². The van der Waals surface area contributed by atoms with Crippen molar-refractivity contribution >= 4 is 22.3 Å². The van der Waals surface area contributed by atoms with Crippen molar-refractivity contribution in [3.63, 3.8) is 0 Å². The predicted molar refractivity (Wildman–Crippen MR) is 86.9 cm³/mol. The Hall–Kier alpha value is -1.39. The van der Waals surface area contributed by atoms with Crippen molar-refractivity contribution in [2.75, 3.05) is 54.4 Å². The van der Waals surface area contributed by atoms with Crippen LogP contribution in [0.15, 0.2) is 0 Å². The number of carboxylic acid groups (broad SMARTS) is 1. The van der Waals surface area contributed by atoms with Gasteiger partial charge >= 0.3 is 22.3 Å². The van der Waals surface area contributed by atoms with Crippen LogP contribution in [0.3, 0.4) is 0 Å². The number of carbonyl (C=O) groups excluding carboxylic acids is 1. The minimum Gasteiger partial charge on any atom is -0.477 e. The SMILES string of the molecule is CC[N+](CC)(CC)S(=O)(=O)NC(=O)OC.C[N+](C)(C)CC(=O)O. The van der Waals surface area contributed by atoms with Gasteiger partial charge in [0.15, 0.2) is 6.54 Å². The molecule has 0 aromatic carbocycles. The molecule has 0 unspecified atom stereocenters. The van der Waals surface area contributed by atoms with Crippen LogP contribution in [0.4, 0.5) is 4.79 Å². The number of carbonyl (C=O) groups is 2. The summed E-state index contributed by atoms with van der Waals surface area (Å²) in [5, 5.41) is 8.23. The molecular formula is C13H31N3O6S+2. The fourth-order valence-corrected chi connectivity index (χ4v) is 3.34. The van der Waals surface area contributed by atoms with Gasteiger partial charge in [0, 0.05) is 0 Å². The molecule has 9 nitrogen and oxygen atoms in total.